The Morgan fingerprint density at radius 1 is 1.07 bits per heavy atom. The van der Waals surface area contributed by atoms with Gasteiger partial charge < -0.3 is 0 Å². The Kier molecular flexibility index (Phi) is 5.88. The number of hydrogen-bond acceptors (Lipinski definition) is 6. The van der Waals surface area contributed by atoms with Crippen molar-refractivity contribution < 1.29 is 8.42 Å². The predicted molar refractivity (Wildman–Crippen MR) is 118 cm³/mol. The van der Waals surface area contributed by atoms with Crippen molar-refractivity contribution in [1.29, 1.82) is 0 Å². The Bertz CT molecular complexity index is 1190. The molecular weight excluding hydrogens is 420 g/mol. The molecule has 1 fully saturated rings. The van der Waals surface area contributed by atoms with E-state index >= 15 is 0 Å². The van der Waals surface area contributed by atoms with Gasteiger partial charge in [0.15, 0.2) is 0 Å². The Hall–Kier alpha value is -2.33. The van der Waals surface area contributed by atoms with E-state index in [9.17, 15) is 13.2 Å². The summed E-state index contributed by atoms with van der Waals surface area (Å²) in [4.78, 5) is 19.2. The standard InChI is InChI=1S/C21H24N4O3S2/c1-16-6-7-17(2)20(13-16)30(27,28)24-11-9-23(10-12-24)15-25-19(14-29-21(25)26)18-5-3-4-8-22-18/h3-8,13-14H,9-12,15H2,1-2H3. The number of pyridine rings is 1. The van der Waals surface area contributed by atoms with Crippen LogP contribution in [-0.2, 0) is 16.7 Å². The van der Waals surface area contributed by atoms with E-state index in [0.29, 0.717) is 37.7 Å². The first kappa shape index (κ1) is 20.9. The normalized spacial score (nSPS) is 16.1. The van der Waals surface area contributed by atoms with E-state index in [0.717, 1.165) is 33.9 Å². The number of rotatable bonds is 5. The summed E-state index contributed by atoms with van der Waals surface area (Å²) in [5.74, 6) is 0. The first-order chi connectivity index (χ1) is 14.4. The van der Waals surface area contributed by atoms with Crippen LogP contribution in [0.4, 0.5) is 0 Å². The monoisotopic (exact) mass is 444 g/mol. The second kappa shape index (κ2) is 8.43. The number of nitrogens with zero attached hydrogens (tertiary/aromatic N) is 4. The molecule has 0 saturated carbocycles. The summed E-state index contributed by atoms with van der Waals surface area (Å²) < 4.78 is 29.5. The van der Waals surface area contributed by atoms with Gasteiger partial charge in [-0.25, -0.2) is 8.42 Å². The first-order valence-corrected chi connectivity index (χ1v) is 12.1. The summed E-state index contributed by atoms with van der Waals surface area (Å²) in [7, 11) is -3.53. The molecule has 1 aliphatic heterocycles. The lowest BCUT2D eigenvalue weighted by Crippen LogP contribution is -2.49. The van der Waals surface area contributed by atoms with Crippen LogP contribution >= 0.6 is 11.3 Å². The second-order valence-electron chi connectivity index (χ2n) is 7.46. The summed E-state index contributed by atoms with van der Waals surface area (Å²) in [5.41, 5.74) is 3.23. The van der Waals surface area contributed by atoms with E-state index < -0.39 is 10.0 Å². The Morgan fingerprint density at radius 3 is 2.53 bits per heavy atom. The van der Waals surface area contributed by atoms with Gasteiger partial charge in [-0.3, -0.25) is 19.2 Å². The topological polar surface area (TPSA) is 75.5 Å². The van der Waals surface area contributed by atoms with Crippen molar-refractivity contribution in [3.8, 4) is 11.4 Å². The van der Waals surface area contributed by atoms with Crippen LogP contribution in [0, 0.1) is 13.8 Å². The molecule has 0 N–H and O–H groups in total. The number of sulfonamides is 1. The van der Waals surface area contributed by atoms with Gasteiger partial charge >= 0.3 is 4.87 Å². The molecular formula is C21H24N4O3S2. The Morgan fingerprint density at radius 2 is 1.83 bits per heavy atom. The molecule has 7 nitrogen and oxygen atoms in total. The van der Waals surface area contributed by atoms with Crippen molar-refractivity contribution in [3.05, 3.63) is 68.8 Å². The highest BCUT2D eigenvalue weighted by Crippen LogP contribution is 2.23. The van der Waals surface area contributed by atoms with Crippen LogP contribution in [-0.4, -0.2) is 53.4 Å². The quantitative estimate of drug-likeness (QED) is 0.605. The zero-order valence-electron chi connectivity index (χ0n) is 17.0. The molecule has 3 heterocycles. The lowest BCUT2D eigenvalue weighted by atomic mass is 10.2. The number of aryl methyl sites for hydroxylation is 2. The van der Waals surface area contributed by atoms with E-state index in [-0.39, 0.29) is 4.87 Å². The van der Waals surface area contributed by atoms with E-state index in [1.165, 1.54) is 0 Å². The Labute approximate surface area is 180 Å². The fourth-order valence-electron chi connectivity index (χ4n) is 3.61. The molecule has 0 radical (unpaired) electrons. The van der Waals surface area contributed by atoms with Crippen molar-refractivity contribution in [3.63, 3.8) is 0 Å². The number of hydrogen-bond donors (Lipinski definition) is 0. The highest BCUT2D eigenvalue weighted by Gasteiger charge is 2.30. The molecule has 30 heavy (non-hydrogen) atoms. The molecule has 2 aromatic heterocycles. The third-order valence-electron chi connectivity index (χ3n) is 5.34. The van der Waals surface area contributed by atoms with Crippen molar-refractivity contribution in [2.45, 2.75) is 25.4 Å². The summed E-state index contributed by atoms with van der Waals surface area (Å²) in [6, 6.07) is 11.1. The van der Waals surface area contributed by atoms with Crippen LogP contribution in [0.5, 0.6) is 0 Å². The number of piperazine rings is 1. The van der Waals surface area contributed by atoms with Gasteiger partial charge in [0.1, 0.15) is 0 Å². The molecule has 1 aromatic carbocycles. The van der Waals surface area contributed by atoms with Gasteiger partial charge in [-0.1, -0.05) is 29.5 Å². The van der Waals surface area contributed by atoms with Gasteiger partial charge in [0.25, 0.3) is 0 Å². The summed E-state index contributed by atoms with van der Waals surface area (Å²) >= 11 is 1.15. The molecule has 0 aliphatic carbocycles. The molecule has 1 aliphatic rings. The molecule has 9 heteroatoms. The average Bonchev–Trinajstić information content (AvgIpc) is 3.11. The zero-order chi connectivity index (χ0) is 21.3. The van der Waals surface area contributed by atoms with Gasteiger partial charge in [0, 0.05) is 37.8 Å². The highest BCUT2D eigenvalue weighted by molar-refractivity contribution is 7.89. The van der Waals surface area contributed by atoms with Gasteiger partial charge in [-0.2, -0.15) is 4.31 Å². The molecule has 3 aromatic rings. The maximum Gasteiger partial charge on any atom is 0.308 e. The average molecular weight is 445 g/mol. The lowest BCUT2D eigenvalue weighted by Gasteiger charge is -2.34. The molecule has 4 rings (SSSR count). The molecule has 0 unspecified atom stereocenters. The van der Waals surface area contributed by atoms with E-state index in [2.05, 4.69) is 9.88 Å². The summed E-state index contributed by atoms with van der Waals surface area (Å²) in [6.07, 6.45) is 1.71. The molecule has 0 bridgehead atoms. The summed E-state index contributed by atoms with van der Waals surface area (Å²) in [6.45, 7) is 6.06. The highest BCUT2D eigenvalue weighted by atomic mass is 32.2. The van der Waals surface area contributed by atoms with E-state index in [4.69, 9.17) is 0 Å². The fraction of sp³-hybridized carbons (Fsp3) is 0.333. The minimum absolute atomic E-state index is 0.0407. The predicted octanol–water partition coefficient (Wildman–Crippen LogP) is 2.55. The van der Waals surface area contributed by atoms with E-state index in [1.54, 1.807) is 21.1 Å². The smallest absolute Gasteiger partial charge is 0.284 e. The van der Waals surface area contributed by atoms with Gasteiger partial charge in [-0.15, -0.1) is 0 Å². The fourth-order valence-corrected chi connectivity index (χ4v) is 6.09. The molecule has 0 spiro atoms. The number of aromatic nitrogens is 2. The van der Waals surface area contributed by atoms with Gasteiger partial charge in [0.2, 0.25) is 10.0 Å². The third kappa shape index (κ3) is 4.11. The minimum atomic E-state index is -3.53. The third-order valence-corrected chi connectivity index (χ3v) is 8.15. The van der Waals surface area contributed by atoms with Crippen LogP contribution in [0.15, 0.2) is 57.7 Å². The zero-order valence-corrected chi connectivity index (χ0v) is 18.6. The maximum absolute atomic E-state index is 13.1. The molecule has 0 atom stereocenters. The van der Waals surface area contributed by atoms with E-state index in [1.807, 2.05) is 49.6 Å². The maximum atomic E-state index is 13.1. The van der Waals surface area contributed by atoms with Crippen molar-refractivity contribution in [2.24, 2.45) is 0 Å². The van der Waals surface area contributed by atoms with Crippen molar-refractivity contribution in [2.75, 3.05) is 26.2 Å². The number of thiazole rings is 1. The summed E-state index contributed by atoms with van der Waals surface area (Å²) in [5, 5.41) is 1.83. The minimum Gasteiger partial charge on any atom is -0.284 e. The van der Waals surface area contributed by atoms with Crippen LogP contribution < -0.4 is 4.87 Å². The molecule has 0 amide bonds. The largest absolute Gasteiger partial charge is 0.308 e. The first-order valence-electron chi connectivity index (χ1n) is 9.76. The molecule has 1 saturated heterocycles. The van der Waals surface area contributed by atoms with Crippen LogP contribution in [0.1, 0.15) is 11.1 Å². The van der Waals surface area contributed by atoms with Crippen LogP contribution in [0.3, 0.4) is 0 Å². The molecule has 158 valence electrons. The second-order valence-corrected chi connectivity index (χ2v) is 10.2. The van der Waals surface area contributed by atoms with Crippen LogP contribution in [0.25, 0.3) is 11.4 Å². The van der Waals surface area contributed by atoms with Crippen molar-refractivity contribution >= 4 is 21.4 Å². The van der Waals surface area contributed by atoms with Gasteiger partial charge in [0.05, 0.1) is 23.0 Å². The van der Waals surface area contributed by atoms with Crippen LogP contribution in [0.2, 0.25) is 0 Å². The Balaban J connectivity index is 1.48. The van der Waals surface area contributed by atoms with Gasteiger partial charge in [-0.05, 0) is 43.2 Å². The lowest BCUT2D eigenvalue weighted by molar-refractivity contribution is 0.152. The van der Waals surface area contributed by atoms with Crippen molar-refractivity contribution in [1.82, 2.24) is 18.8 Å². The SMILES string of the molecule is Cc1ccc(C)c(S(=O)(=O)N2CCN(Cn3c(-c4ccccn4)csc3=O)CC2)c1. The number of benzene rings is 1.